The minimum Gasteiger partial charge on any atom is -0.382 e. The Bertz CT molecular complexity index is 1430. The molecule has 2 N–H and O–H groups in total. The lowest BCUT2D eigenvalue weighted by Crippen LogP contribution is -2.42. The van der Waals surface area contributed by atoms with Gasteiger partial charge in [0.05, 0.1) is 21.0 Å². The first-order valence-electron chi connectivity index (χ1n) is 11.1. The number of fused-ring (bicyclic) bond motifs is 1. The fourth-order valence-corrected chi connectivity index (χ4v) is 5.46. The van der Waals surface area contributed by atoms with Gasteiger partial charge in [-0.25, -0.2) is 13.4 Å². The van der Waals surface area contributed by atoms with Crippen molar-refractivity contribution in [1.29, 1.82) is 0 Å². The van der Waals surface area contributed by atoms with Gasteiger partial charge in [-0.3, -0.25) is 4.79 Å². The molecule has 0 radical (unpaired) electrons. The summed E-state index contributed by atoms with van der Waals surface area (Å²) in [6.45, 7) is 0. The molecule has 1 aliphatic rings. The molecule has 3 aromatic rings. The third kappa shape index (κ3) is 6.04. The lowest BCUT2D eigenvalue weighted by molar-refractivity contribution is -0.140. The molecule has 1 aliphatic carbocycles. The fraction of sp³-hybridized carbons (Fsp3) is 0.333. The van der Waals surface area contributed by atoms with E-state index in [-0.39, 0.29) is 38.8 Å². The molecular formula is C24H22Cl2F3N3O3S. The number of carbonyl (C=O) groups is 1. The average molecular weight is 560 g/mol. The maximum atomic E-state index is 13.4. The van der Waals surface area contributed by atoms with Crippen LogP contribution in [0.3, 0.4) is 0 Å². The monoisotopic (exact) mass is 559 g/mol. The number of pyridine rings is 1. The van der Waals surface area contributed by atoms with Gasteiger partial charge in [0.2, 0.25) is 0 Å². The molecule has 6 nitrogen and oxygen atoms in total. The van der Waals surface area contributed by atoms with Gasteiger partial charge < -0.3 is 10.6 Å². The van der Waals surface area contributed by atoms with Crippen LogP contribution < -0.4 is 10.6 Å². The van der Waals surface area contributed by atoms with Gasteiger partial charge in [0.25, 0.3) is 5.91 Å². The number of nitrogens with one attached hydrogen (secondary N) is 2. The SMILES string of the molecule is CS(=O)(=O)c1ccc(C(=O)NC2CCC[C@H](Nc3cc(C(F)(F)F)nc4ccc(Cl)cc34)C2)c(Cl)c1. The number of halogens is 5. The van der Waals surface area contributed by atoms with Crippen LogP contribution in [0.4, 0.5) is 18.9 Å². The van der Waals surface area contributed by atoms with Gasteiger partial charge in [0, 0.05) is 34.4 Å². The summed E-state index contributed by atoms with van der Waals surface area (Å²) in [4.78, 5) is 16.5. The highest BCUT2D eigenvalue weighted by molar-refractivity contribution is 7.90. The van der Waals surface area contributed by atoms with Gasteiger partial charge in [-0.15, -0.1) is 0 Å². The molecule has 0 spiro atoms. The molecule has 1 saturated carbocycles. The van der Waals surface area contributed by atoms with E-state index < -0.39 is 27.6 Å². The molecule has 4 rings (SSSR count). The zero-order valence-electron chi connectivity index (χ0n) is 19.0. The number of aromatic nitrogens is 1. The molecule has 0 bridgehead atoms. The summed E-state index contributed by atoms with van der Waals surface area (Å²) in [5.74, 6) is -0.453. The second kappa shape index (κ2) is 10.1. The Labute approximate surface area is 216 Å². The van der Waals surface area contributed by atoms with Crippen molar-refractivity contribution in [2.24, 2.45) is 0 Å². The smallest absolute Gasteiger partial charge is 0.382 e. The van der Waals surface area contributed by atoms with E-state index in [0.717, 1.165) is 18.7 Å². The summed E-state index contributed by atoms with van der Waals surface area (Å²) >= 11 is 12.2. The van der Waals surface area contributed by atoms with E-state index in [2.05, 4.69) is 15.6 Å². The third-order valence-corrected chi connectivity index (χ3v) is 7.70. The van der Waals surface area contributed by atoms with Gasteiger partial charge >= 0.3 is 6.18 Å². The number of rotatable bonds is 5. The van der Waals surface area contributed by atoms with Gasteiger partial charge in [0.1, 0.15) is 5.69 Å². The first kappa shape index (κ1) is 26.5. The second-order valence-electron chi connectivity index (χ2n) is 8.81. The largest absolute Gasteiger partial charge is 0.433 e. The van der Waals surface area contributed by atoms with E-state index >= 15 is 0 Å². The van der Waals surface area contributed by atoms with Gasteiger partial charge in [-0.2, -0.15) is 13.2 Å². The zero-order valence-corrected chi connectivity index (χ0v) is 21.3. The van der Waals surface area contributed by atoms with Crippen LogP contribution in [-0.2, 0) is 16.0 Å². The fourth-order valence-electron chi connectivity index (χ4n) is 4.31. The van der Waals surface area contributed by atoms with Crippen molar-refractivity contribution in [3.63, 3.8) is 0 Å². The highest BCUT2D eigenvalue weighted by Crippen LogP contribution is 2.35. The molecule has 1 amide bonds. The number of amides is 1. The van der Waals surface area contributed by atoms with Crippen molar-refractivity contribution in [3.8, 4) is 0 Å². The number of benzene rings is 2. The summed E-state index contributed by atoms with van der Waals surface area (Å²) in [6, 6.07) is 8.92. The minimum atomic E-state index is -4.61. The number of hydrogen-bond donors (Lipinski definition) is 2. The first-order valence-corrected chi connectivity index (χ1v) is 13.7. The Morgan fingerprint density at radius 3 is 2.44 bits per heavy atom. The molecule has 1 unspecified atom stereocenters. The predicted molar refractivity (Wildman–Crippen MR) is 133 cm³/mol. The molecule has 1 heterocycles. The standard InChI is InChI=1S/C24H22Cl2F3N3O3S/c1-36(34,35)16-6-7-17(19(26)11-16)23(33)31-15-4-2-3-14(10-15)30-21-12-22(24(27,28)29)32-20-8-5-13(25)9-18(20)21/h5-9,11-12,14-15H,2-4,10H2,1H3,(H,30,32)(H,31,33)/t14-,15?/m0/s1. The molecule has 2 atom stereocenters. The number of hydrogen-bond acceptors (Lipinski definition) is 5. The topological polar surface area (TPSA) is 88.2 Å². The van der Waals surface area contributed by atoms with E-state index in [9.17, 15) is 26.4 Å². The maximum absolute atomic E-state index is 13.4. The minimum absolute atomic E-state index is 0.00823. The van der Waals surface area contributed by atoms with Crippen molar-refractivity contribution in [1.82, 2.24) is 10.3 Å². The molecule has 0 saturated heterocycles. The van der Waals surface area contributed by atoms with Crippen molar-refractivity contribution in [3.05, 3.63) is 63.8 Å². The average Bonchev–Trinajstić information content (AvgIpc) is 2.78. The number of anilines is 1. The molecule has 192 valence electrons. The Hall–Kier alpha value is -2.56. The molecule has 0 aliphatic heterocycles. The Morgan fingerprint density at radius 1 is 1.06 bits per heavy atom. The predicted octanol–water partition coefficient (Wildman–Crippen LogP) is 6.12. The van der Waals surface area contributed by atoms with Crippen LogP contribution in [0.15, 0.2) is 47.4 Å². The van der Waals surface area contributed by atoms with Crippen molar-refractivity contribution in [2.45, 2.75) is 48.8 Å². The summed E-state index contributed by atoms with van der Waals surface area (Å²) in [6.07, 6.45) is -0.984. The van der Waals surface area contributed by atoms with Crippen molar-refractivity contribution in [2.75, 3.05) is 11.6 Å². The zero-order chi connectivity index (χ0) is 26.3. The van der Waals surface area contributed by atoms with E-state index in [0.29, 0.717) is 29.7 Å². The van der Waals surface area contributed by atoms with Crippen molar-refractivity contribution >= 4 is 55.5 Å². The Kier molecular flexibility index (Phi) is 7.41. The van der Waals surface area contributed by atoms with E-state index in [1.807, 2.05) is 0 Å². The van der Waals surface area contributed by atoms with Crippen LogP contribution in [0.2, 0.25) is 10.0 Å². The molecule has 12 heteroatoms. The maximum Gasteiger partial charge on any atom is 0.433 e. The van der Waals surface area contributed by atoms with Crippen LogP contribution in [0, 0.1) is 0 Å². The van der Waals surface area contributed by atoms with Crippen LogP contribution in [0.5, 0.6) is 0 Å². The molecule has 1 fully saturated rings. The quantitative estimate of drug-likeness (QED) is 0.393. The van der Waals surface area contributed by atoms with Crippen LogP contribution in [0.25, 0.3) is 10.9 Å². The highest BCUT2D eigenvalue weighted by Gasteiger charge is 2.34. The van der Waals surface area contributed by atoms with Gasteiger partial charge in [-0.1, -0.05) is 23.2 Å². The summed E-state index contributed by atoms with van der Waals surface area (Å²) in [5.41, 5.74) is -0.424. The molecule has 1 aromatic heterocycles. The number of sulfone groups is 1. The summed E-state index contributed by atoms with van der Waals surface area (Å²) < 4.78 is 63.7. The number of alkyl halides is 3. The first-order chi connectivity index (χ1) is 16.8. The van der Waals surface area contributed by atoms with E-state index in [4.69, 9.17) is 23.2 Å². The van der Waals surface area contributed by atoms with Gasteiger partial charge in [-0.05, 0) is 68.1 Å². The van der Waals surface area contributed by atoms with E-state index in [1.54, 1.807) is 6.07 Å². The van der Waals surface area contributed by atoms with E-state index in [1.165, 1.54) is 30.3 Å². The number of carbonyl (C=O) groups excluding carboxylic acids is 1. The summed E-state index contributed by atoms with van der Waals surface area (Å²) in [5, 5.41) is 6.97. The Balaban J connectivity index is 1.52. The second-order valence-corrected chi connectivity index (χ2v) is 11.7. The van der Waals surface area contributed by atoms with Crippen molar-refractivity contribution < 1.29 is 26.4 Å². The summed E-state index contributed by atoms with van der Waals surface area (Å²) in [7, 11) is -3.47. The van der Waals surface area contributed by atoms with Gasteiger partial charge in [0.15, 0.2) is 9.84 Å². The third-order valence-electron chi connectivity index (χ3n) is 6.04. The highest BCUT2D eigenvalue weighted by atomic mass is 35.5. The molecule has 36 heavy (non-hydrogen) atoms. The Morgan fingerprint density at radius 2 is 1.78 bits per heavy atom. The van der Waals surface area contributed by atoms with Crippen LogP contribution in [-0.4, -0.2) is 37.6 Å². The molecular weight excluding hydrogens is 538 g/mol. The van der Waals surface area contributed by atoms with Crippen LogP contribution in [0.1, 0.15) is 41.7 Å². The number of nitrogens with zero attached hydrogens (tertiary/aromatic N) is 1. The normalized spacial score (nSPS) is 18.7. The lowest BCUT2D eigenvalue weighted by atomic mass is 9.90. The lowest BCUT2D eigenvalue weighted by Gasteiger charge is -2.31. The molecule has 2 aromatic carbocycles. The van der Waals surface area contributed by atoms with Crippen LogP contribution >= 0.6 is 23.2 Å².